The van der Waals surface area contributed by atoms with Gasteiger partial charge in [-0.1, -0.05) is 51.4 Å². The van der Waals surface area contributed by atoms with E-state index in [9.17, 15) is 9.59 Å². The number of esters is 1. The molecule has 0 N–H and O–H groups in total. The summed E-state index contributed by atoms with van der Waals surface area (Å²) in [5.74, 6) is 5.57. The van der Waals surface area contributed by atoms with E-state index in [0.717, 1.165) is 38.5 Å². The Hall–Kier alpha value is -1.30. The Morgan fingerprint density at radius 2 is 1.38 bits per heavy atom. The third-order valence-corrected chi connectivity index (χ3v) is 3.37. The number of unbranched alkanes of at least 4 members (excludes halogenated alkanes) is 8. The van der Waals surface area contributed by atoms with Crippen LogP contribution in [0.3, 0.4) is 0 Å². The van der Waals surface area contributed by atoms with Crippen LogP contribution in [0.1, 0.15) is 84.0 Å². The van der Waals surface area contributed by atoms with Crippen LogP contribution >= 0.6 is 0 Å². The van der Waals surface area contributed by atoms with Crippen LogP contribution in [0.25, 0.3) is 0 Å². The number of ether oxygens (including phenoxy) is 1. The largest absolute Gasteiger partial charge is 0.469 e. The Kier molecular flexibility index (Phi) is 14.2. The van der Waals surface area contributed by atoms with E-state index >= 15 is 0 Å². The van der Waals surface area contributed by atoms with Gasteiger partial charge in [0.1, 0.15) is 0 Å². The van der Waals surface area contributed by atoms with E-state index < -0.39 is 0 Å². The highest BCUT2D eigenvalue weighted by Gasteiger charge is 1.99. The highest BCUT2D eigenvalue weighted by Crippen LogP contribution is 2.11. The molecular weight excluding hydrogens is 264 g/mol. The first-order chi connectivity index (χ1) is 10.2. The van der Waals surface area contributed by atoms with E-state index in [1.807, 2.05) is 0 Å². The third-order valence-electron chi connectivity index (χ3n) is 3.37. The molecule has 0 rings (SSSR count). The number of methoxy groups -OCH3 is 1. The van der Waals surface area contributed by atoms with Crippen LogP contribution in [0, 0.1) is 11.8 Å². The van der Waals surface area contributed by atoms with E-state index in [0.29, 0.717) is 12.8 Å². The Bertz CT molecular complexity index is 336. The smallest absolute Gasteiger partial charge is 0.305 e. The summed E-state index contributed by atoms with van der Waals surface area (Å²) in [6, 6.07) is 0. The molecule has 0 atom stereocenters. The zero-order chi connectivity index (χ0) is 15.8. The maximum absolute atomic E-state index is 11.4. The molecule has 3 heteroatoms. The van der Waals surface area contributed by atoms with Gasteiger partial charge in [-0.05, 0) is 25.2 Å². The van der Waals surface area contributed by atoms with Gasteiger partial charge >= 0.3 is 5.97 Å². The number of rotatable bonds is 12. The average molecular weight is 294 g/mol. The summed E-state index contributed by atoms with van der Waals surface area (Å²) in [6.45, 7) is 2.06. The summed E-state index contributed by atoms with van der Waals surface area (Å²) in [4.78, 5) is 22.3. The van der Waals surface area contributed by atoms with Gasteiger partial charge < -0.3 is 4.74 Å². The fourth-order valence-electron chi connectivity index (χ4n) is 2.07. The Morgan fingerprint density at radius 1 is 0.857 bits per heavy atom. The molecule has 0 aliphatic rings. The maximum Gasteiger partial charge on any atom is 0.305 e. The molecule has 21 heavy (non-hydrogen) atoms. The van der Waals surface area contributed by atoms with Crippen molar-refractivity contribution in [1.82, 2.24) is 0 Å². The molecule has 0 aliphatic heterocycles. The van der Waals surface area contributed by atoms with Gasteiger partial charge in [-0.15, -0.1) is 0 Å². The zero-order valence-electron chi connectivity index (χ0n) is 13.7. The van der Waals surface area contributed by atoms with Gasteiger partial charge in [-0.3, -0.25) is 9.59 Å². The molecule has 0 saturated carbocycles. The molecule has 0 spiro atoms. The predicted octanol–water partition coefficient (Wildman–Crippen LogP) is 4.43. The highest BCUT2D eigenvalue weighted by atomic mass is 16.5. The van der Waals surface area contributed by atoms with Gasteiger partial charge in [-0.2, -0.15) is 0 Å². The quantitative estimate of drug-likeness (QED) is 0.231. The lowest BCUT2D eigenvalue weighted by Gasteiger charge is -2.01. The first kappa shape index (κ1) is 19.7. The van der Waals surface area contributed by atoms with Gasteiger partial charge in [0, 0.05) is 19.3 Å². The van der Waals surface area contributed by atoms with E-state index in [1.165, 1.54) is 32.8 Å². The van der Waals surface area contributed by atoms with Gasteiger partial charge in [0.2, 0.25) is 5.78 Å². The van der Waals surface area contributed by atoms with Crippen molar-refractivity contribution >= 4 is 11.8 Å². The van der Waals surface area contributed by atoms with Crippen LogP contribution in [0.15, 0.2) is 0 Å². The molecular formula is C18H30O3. The van der Waals surface area contributed by atoms with E-state index in [4.69, 9.17) is 0 Å². The summed E-state index contributed by atoms with van der Waals surface area (Å²) in [7, 11) is 1.43. The first-order valence-corrected chi connectivity index (χ1v) is 8.29. The minimum atomic E-state index is -0.110. The number of ketones is 1. The van der Waals surface area contributed by atoms with E-state index in [2.05, 4.69) is 23.5 Å². The fourth-order valence-corrected chi connectivity index (χ4v) is 2.07. The SMILES string of the molecule is CCCC#CC(=O)CCCCCCCCCCC(=O)OC. The van der Waals surface area contributed by atoms with E-state index in [-0.39, 0.29) is 11.8 Å². The van der Waals surface area contributed by atoms with Crippen molar-refractivity contribution in [2.75, 3.05) is 7.11 Å². The van der Waals surface area contributed by atoms with Crippen LogP contribution in [0.4, 0.5) is 0 Å². The second kappa shape index (κ2) is 15.1. The Morgan fingerprint density at radius 3 is 1.90 bits per heavy atom. The second-order valence-corrected chi connectivity index (χ2v) is 5.38. The molecule has 0 heterocycles. The normalized spacial score (nSPS) is 9.81. The minimum Gasteiger partial charge on any atom is -0.469 e. The first-order valence-electron chi connectivity index (χ1n) is 8.29. The number of carbonyl (C=O) groups is 2. The molecule has 0 aromatic carbocycles. The molecule has 0 radical (unpaired) electrons. The molecule has 0 aromatic heterocycles. The van der Waals surface area contributed by atoms with Gasteiger partial charge in [0.15, 0.2) is 0 Å². The number of hydrogen-bond donors (Lipinski definition) is 0. The fraction of sp³-hybridized carbons (Fsp3) is 0.778. The second-order valence-electron chi connectivity index (χ2n) is 5.38. The lowest BCUT2D eigenvalue weighted by Crippen LogP contribution is -1.99. The summed E-state index contributed by atoms with van der Waals surface area (Å²) < 4.78 is 4.60. The molecule has 0 bridgehead atoms. The summed E-state index contributed by atoms with van der Waals surface area (Å²) in [6.07, 6.45) is 11.9. The summed E-state index contributed by atoms with van der Waals surface area (Å²) in [5, 5.41) is 0. The number of Topliss-reactive ketones (excluding diaryl/α,β-unsaturated/α-hetero) is 1. The van der Waals surface area contributed by atoms with Crippen LogP contribution in [-0.4, -0.2) is 18.9 Å². The van der Waals surface area contributed by atoms with Crippen LogP contribution in [0.5, 0.6) is 0 Å². The molecule has 0 saturated heterocycles. The van der Waals surface area contributed by atoms with Gasteiger partial charge in [0.05, 0.1) is 7.11 Å². The molecule has 0 amide bonds. The topological polar surface area (TPSA) is 43.4 Å². The molecule has 0 aromatic rings. The average Bonchev–Trinajstić information content (AvgIpc) is 2.49. The predicted molar refractivity (Wildman–Crippen MR) is 85.9 cm³/mol. The zero-order valence-corrected chi connectivity index (χ0v) is 13.7. The molecule has 120 valence electrons. The number of carbonyl (C=O) groups excluding carboxylic acids is 2. The Labute approximate surface area is 129 Å². The van der Waals surface area contributed by atoms with Crippen LogP contribution in [-0.2, 0) is 14.3 Å². The third kappa shape index (κ3) is 14.9. The molecule has 0 fully saturated rings. The van der Waals surface area contributed by atoms with Gasteiger partial charge in [0.25, 0.3) is 0 Å². The monoisotopic (exact) mass is 294 g/mol. The van der Waals surface area contributed by atoms with Crippen molar-refractivity contribution in [2.45, 2.75) is 84.0 Å². The van der Waals surface area contributed by atoms with Crippen molar-refractivity contribution < 1.29 is 14.3 Å². The Balaban J connectivity index is 3.24. The highest BCUT2D eigenvalue weighted by molar-refractivity contribution is 5.95. The lowest BCUT2D eigenvalue weighted by atomic mass is 10.1. The van der Waals surface area contributed by atoms with Crippen molar-refractivity contribution in [1.29, 1.82) is 0 Å². The van der Waals surface area contributed by atoms with E-state index in [1.54, 1.807) is 0 Å². The van der Waals surface area contributed by atoms with Crippen molar-refractivity contribution in [3.63, 3.8) is 0 Å². The lowest BCUT2D eigenvalue weighted by molar-refractivity contribution is -0.140. The van der Waals surface area contributed by atoms with Crippen molar-refractivity contribution in [3.05, 3.63) is 0 Å². The van der Waals surface area contributed by atoms with Gasteiger partial charge in [-0.25, -0.2) is 0 Å². The molecule has 0 aliphatic carbocycles. The van der Waals surface area contributed by atoms with Crippen LogP contribution in [0.2, 0.25) is 0 Å². The molecule has 0 unspecified atom stereocenters. The summed E-state index contributed by atoms with van der Waals surface area (Å²) in [5.41, 5.74) is 0. The molecule has 3 nitrogen and oxygen atoms in total. The minimum absolute atomic E-state index is 0.0891. The number of hydrogen-bond acceptors (Lipinski definition) is 3. The van der Waals surface area contributed by atoms with Crippen LogP contribution < -0.4 is 0 Å². The van der Waals surface area contributed by atoms with Crippen molar-refractivity contribution in [2.24, 2.45) is 0 Å². The van der Waals surface area contributed by atoms with Crippen molar-refractivity contribution in [3.8, 4) is 11.8 Å². The maximum atomic E-state index is 11.4. The summed E-state index contributed by atoms with van der Waals surface area (Å²) >= 11 is 0. The standard InChI is InChI=1S/C18H30O3/c1-3-4-11-14-17(19)15-12-9-7-5-6-8-10-13-16-18(20)21-2/h3-10,12-13,15-16H2,1-2H3.